The number of benzene rings is 1. The molecule has 1 unspecified atom stereocenters. The number of nitrogens with zero attached hydrogens (tertiary/aromatic N) is 2. The first-order chi connectivity index (χ1) is 11.8. The maximum Gasteiger partial charge on any atom is 0.414 e. The maximum atomic E-state index is 13.0. The Bertz CT molecular complexity index is 875. The van der Waals surface area contributed by atoms with Crippen LogP contribution >= 0.6 is 0 Å². The number of carbonyl (C=O) groups is 1. The van der Waals surface area contributed by atoms with Crippen LogP contribution in [-0.2, 0) is 14.8 Å². The molecule has 1 aliphatic rings. The minimum absolute atomic E-state index is 0.0211. The van der Waals surface area contributed by atoms with Crippen LogP contribution in [0.1, 0.15) is 11.5 Å². The van der Waals surface area contributed by atoms with Crippen LogP contribution in [0.5, 0.6) is 0 Å². The van der Waals surface area contributed by atoms with E-state index in [0.29, 0.717) is 5.69 Å². The first-order valence-corrected chi connectivity index (χ1v) is 8.92. The van der Waals surface area contributed by atoms with Crippen LogP contribution in [0.3, 0.4) is 0 Å². The van der Waals surface area contributed by atoms with Crippen molar-refractivity contribution in [2.24, 2.45) is 0 Å². The summed E-state index contributed by atoms with van der Waals surface area (Å²) in [5.41, 5.74) is 0.726. The van der Waals surface area contributed by atoms with E-state index in [-0.39, 0.29) is 29.4 Å². The molecule has 0 aliphatic carbocycles. The molecule has 1 saturated heterocycles. The van der Waals surface area contributed by atoms with Crippen LogP contribution < -0.4 is 9.62 Å². The summed E-state index contributed by atoms with van der Waals surface area (Å²) in [5.74, 6) is -0.235. The number of aryl methyl sites for hydroxylation is 2. The van der Waals surface area contributed by atoms with Crippen LogP contribution in [0.4, 0.5) is 14.9 Å². The number of carbonyl (C=O) groups excluding carboxylic acids is 1. The maximum absolute atomic E-state index is 13.0. The van der Waals surface area contributed by atoms with Gasteiger partial charge in [-0.3, -0.25) is 4.90 Å². The zero-order valence-corrected chi connectivity index (χ0v) is 14.3. The molecule has 0 spiro atoms. The number of hydrogen-bond acceptors (Lipinski definition) is 6. The van der Waals surface area contributed by atoms with Crippen LogP contribution in [0.25, 0.3) is 0 Å². The summed E-state index contributed by atoms with van der Waals surface area (Å²) in [7, 11) is -3.84. The van der Waals surface area contributed by atoms with Crippen molar-refractivity contribution in [1.29, 1.82) is 0 Å². The second-order valence-corrected chi connectivity index (χ2v) is 7.30. The van der Waals surface area contributed by atoms with Crippen molar-refractivity contribution in [3.8, 4) is 0 Å². The monoisotopic (exact) mass is 369 g/mol. The molecule has 2 heterocycles. The summed E-state index contributed by atoms with van der Waals surface area (Å²) in [6.07, 6.45) is -1.29. The number of nitrogens with one attached hydrogen (secondary N) is 1. The zero-order chi connectivity index (χ0) is 18.2. The summed E-state index contributed by atoms with van der Waals surface area (Å²) in [6, 6.07) is 5.37. The Labute approximate surface area is 143 Å². The summed E-state index contributed by atoms with van der Waals surface area (Å²) < 4.78 is 50.1. The van der Waals surface area contributed by atoms with Gasteiger partial charge in [0, 0.05) is 12.2 Å². The molecule has 134 valence electrons. The van der Waals surface area contributed by atoms with E-state index in [0.717, 1.165) is 0 Å². The smallest absolute Gasteiger partial charge is 0.414 e. The lowest BCUT2D eigenvalue weighted by Gasteiger charge is -2.13. The number of ether oxygens (including phenoxy) is 1. The SMILES string of the molecule is Cc1noc(C)c1S(=O)(=O)NCC1CN(c2ccc(F)cc2)C(=O)O1. The van der Waals surface area contributed by atoms with Crippen molar-refractivity contribution in [2.45, 2.75) is 24.8 Å². The molecule has 2 aromatic rings. The van der Waals surface area contributed by atoms with Gasteiger partial charge < -0.3 is 9.26 Å². The van der Waals surface area contributed by atoms with Gasteiger partial charge in [0.1, 0.15) is 22.5 Å². The average Bonchev–Trinajstić information content (AvgIpc) is 3.09. The van der Waals surface area contributed by atoms with Crippen molar-refractivity contribution >= 4 is 21.8 Å². The van der Waals surface area contributed by atoms with E-state index in [1.54, 1.807) is 0 Å². The molecule has 1 N–H and O–H groups in total. The van der Waals surface area contributed by atoms with Gasteiger partial charge in [-0.25, -0.2) is 22.3 Å². The van der Waals surface area contributed by atoms with Crippen LogP contribution in [-0.4, -0.2) is 38.9 Å². The number of anilines is 1. The third-order valence-corrected chi connectivity index (χ3v) is 5.42. The molecule has 3 rings (SSSR count). The molecule has 1 fully saturated rings. The van der Waals surface area contributed by atoms with E-state index >= 15 is 0 Å². The molecular weight excluding hydrogens is 353 g/mol. The van der Waals surface area contributed by atoms with E-state index in [9.17, 15) is 17.6 Å². The Balaban J connectivity index is 1.67. The zero-order valence-electron chi connectivity index (χ0n) is 13.5. The fourth-order valence-electron chi connectivity index (χ4n) is 2.59. The second kappa shape index (κ2) is 6.45. The molecular formula is C15H16FN3O5S. The number of cyclic esters (lactones) is 1. The first-order valence-electron chi connectivity index (χ1n) is 7.44. The van der Waals surface area contributed by atoms with Crippen molar-refractivity contribution in [1.82, 2.24) is 9.88 Å². The highest BCUT2D eigenvalue weighted by molar-refractivity contribution is 7.89. The number of hydrogen-bond donors (Lipinski definition) is 1. The molecule has 1 aliphatic heterocycles. The third kappa shape index (κ3) is 3.49. The Morgan fingerprint density at radius 1 is 1.32 bits per heavy atom. The van der Waals surface area contributed by atoms with E-state index < -0.39 is 28.0 Å². The van der Waals surface area contributed by atoms with Gasteiger partial charge in [0.2, 0.25) is 10.0 Å². The Hall–Kier alpha value is -2.46. The lowest BCUT2D eigenvalue weighted by Crippen LogP contribution is -2.35. The van der Waals surface area contributed by atoms with Crippen molar-refractivity contribution in [2.75, 3.05) is 18.0 Å². The third-order valence-electron chi connectivity index (χ3n) is 3.75. The Morgan fingerprint density at radius 3 is 2.60 bits per heavy atom. The van der Waals surface area contributed by atoms with Gasteiger partial charge in [-0.1, -0.05) is 5.16 Å². The lowest BCUT2D eigenvalue weighted by atomic mass is 10.2. The highest BCUT2D eigenvalue weighted by atomic mass is 32.2. The lowest BCUT2D eigenvalue weighted by molar-refractivity contribution is 0.143. The highest BCUT2D eigenvalue weighted by Gasteiger charge is 2.34. The van der Waals surface area contributed by atoms with E-state index in [1.807, 2.05) is 0 Å². The second-order valence-electron chi connectivity index (χ2n) is 5.60. The summed E-state index contributed by atoms with van der Waals surface area (Å²) in [5, 5.41) is 3.61. The summed E-state index contributed by atoms with van der Waals surface area (Å²) >= 11 is 0. The standard InChI is InChI=1S/C15H16FN3O5S/c1-9-14(10(2)24-18-9)25(21,22)17-7-13-8-19(15(20)23-13)12-5-3-11(16)4-6-12/h3-6,13,17H,7-8H2,1-2H3. The van der Waals surface area contributed by atoms with Crippen LogP contribution in [0, 0.1) is 19.7 Å². The first kappa shape index (κ1) is 17.4. The molecule has 25 heavy (non-hydrogen) atoms. The minimum Gasteiger partial charge on any atom is -0.443 e. The molecule has 0 bridgehead atoms. The van der Waals surface area contributed by atoms with Gasteiger partial charge >= 0.3 is 6.09 Å². The quantitative estimate of drug-likeness (QED) is 0.861. The van der Waals surface area contributed by atoms with Gasteiger partial charge in [-0.15, -0.1) is 0 Å². The largest absolute Gasteiger partial charge is 0.443 e. The van der Waals surface area contributed by atoms with Gasteiger partial charge in [0.15, 0.2) is 5.76 Å². The van der Waals surface area contributed by atoms with Gasteiger partial charge in [0.05, 0.1) is 6.54 Å². The number of aromatic nitrogens is 1. The van der Waals surface area contributed by atoms with Gasteiger partial charge in [-0.05, 0) is 38.1 Å². The minimum atomic E-state index is -3.84. The summed E-state index contributed by atoms with van der Waals surface area (Å²) in [4.78, 5) is 13.2. The number of amides is 1. The Kier molecular flexibility index (Phi) is 4.48. The van der Waals surface area contributed by atoms with Crippen LogP contribution in [0.2, 0.25) is 0 Å². The molecule has 1 aromatic carbocycles. The fourth-order valence-corrected chi connectivity index (χ4v) is 3.98. The fraction of sp³-hybridized carbons (Fsp3) is 0.333. The van der Waals surface area contributed by atoms with Crippen molar-refractivity contribution in [3.63, 3.8) is 0 Å². The molecule has 0 radical (unpaired) electrons. The molecule has 1 aromatic heterocycles. The van der Waals surface area contributed by atoms with Gasteiger partial charge in [-0.2, -0.15) is 0 Å². The Morgan fingerprint density at radius 2 is 2.00 bits per heavy atom. The molecule has 10 heteroatoms. The van der Waals surface area contributed by atoms with E-state index in [4.69, 9.17) is 9.26 Å². The number of rotatable bonds is 5. The topological polar surface area (TPSA) is 102 Å². The average molecular weight is 369 g/mol. The predicted octanol–water partition coefficient (Wildman–Crippen LogP) is 1.73. The normalized spacial score (nSPS) is 17.8. The van der Waals surface area contributed by atoms with Gasteiger partial charge in [0.25, 0.3) is 0 Å². The molecule has 1 atom stereocenters. The van der Waals surface area contributed by atoms with Crippen LogP contribution in [0.15, 0.2) is 33.7 Å². The summed E-state index contributed by atoms with van der Waals surface area (Å²) in [6.45, 7) is 3.07. The van der Waals surface area contributed by atoms with E-state index in [2.05, 4.69) is 9.88 Å². The van der Waals surface area contributed by atoms with Crippen molar-refractivity contribution in [3.05, 3.63) is 41.5 Å². The number of sulfonamides is 1. The van der Waals surface area contributed by atoms with Crippen molar-refractivity contribution < 1.29 is 26.9 Å². The van der Waals surface area contributed by atoms with E-state index in [1.165, 1.54) is 43.0 Å². The number of halogens is 1. The predicted molar refractivity (Wildman–Crippen MR) is 85.2 cm³/mol. The molecule has 0 saturated carbocycles. The molecule has 8 nitrogen and oxygen atoms in total. The highest BCUT2D eigenvalue weighted by Crippen LogP contribution is 2.23. The molecule has 1 amide bonds.